The number of nitrogens with zero attached hydrogens (tertiary/aromatic N) is 1. The van der Waals surface area contributed by atoms with Crippen LogP contribution in [0.5, 0.6) is 0 Å². The summed E-state index contributed by atoms with van der Waals surface area (Å²) in [6.45, 7) is 0. The van der Waals surface area contributed by atoms with Crippen LogP contribution in [0.2, 0.25) is 0 Å². The molecule has 0 aliphatic carbocycles. The molecule has 0 saturated carbocycles. The first kappa shape index (κ1) is 65.7. The Balaban J connectivity index is 0.000000385. The van der Waals surface area contributed by atoms with Crippen molar-refractivity contribution in [1.29, 1.82) is 0 Å². The molecule has 8 heteroatoms. The molecule has 0 unspecified atom stereocenters. The van der Waals surface area contributed by atoms with Crippen LogP contribution in [0.15, 0.2) is 187 Å². The van der Waals surface area contributed by atoms with Crippen molar-refractivity contribution in [1.82, 2.24) is 0 Å². The second-order valence-corrected chi connectivity index (χ2v) is 23.7. The van der Waals surface area contributed by atoms with E-state index < -0.39 is 0 Å². The van der Waals surface area contributed by atoms with E-state index in [-0.39, 0.29) is 35.5 Å². The van der Waals surface area contributed by atoms with Gasteiger partial charge in [0, 0.05) is 31.4 Å². The minimum Gasteiger partial charge on any atom is -0.411 e. The van der Waals surface area contributed by atoms with E-state index >= 15 is 0 Å². The zero-order valence-electron chi connectivity index (χ0n) is 44.7. The minimum atomic E-state index is -0.227. The Bertz CT molecular complexity index is 2130. The van der Waals surface area contributed by atoms with Gasteiger partial charge in [-0.15, -0.1) is 23.5 Å². The molecule has 0 heterocycles. The molecule has 0 spiro atoms. The third-order valence-corrected chi connectivity index (χ3v) is 18.3. The number of carbonyl (C=O) groups is 1. The first-order valence-corrected chi connectivity index (χ1v) is 32.1. The fraction of sp³-hybridized carbons (Fsp3) is 0.433. The third-order valence-electron chi connectivity index (χ3n) is 13.7. The Morgan fingerprint density at radius 1 is 0.360 bits per heavy atom. The molecule has 0 amide bonds. The summed E-state index contributed by atoms with van der Waals surface area (Å²) in [6, 6.07) is 65.6. The van der Waals surface area contributed by atoms with E-state index in [9.17, 15) is 10.0 Å². The quantitative estimate of drug-likeness (QED) is 0.0139. The molecule has 75 heavy (non-hydrogen) atoms. The average Bonchev–Trinajstić information content (AvgIpc) is 3.45. The largest absolute Gasteiger partial charge is 0.411 e. The molecular weight excluding hydrogens is 1030 g/mol. The number of unbranched alkanes of at least 4 members (excludes halogenated alkanes) is 12. The van der Waals surface area contributed by atoms with Crippen LogP contribution in [-0.4, -0.2) is 52.2 Å². The van der Waals surface area contributed by atoms with Crippen molar-refractivity contribution < 1.29 is 28.6 Å². The van der Waals surface area contributed by atoms with E-state index in [0.717, 1.165) is 75.0 Å². The molecule has 0 aromatic heterocycles. The average molecular weight is 1120 g/mol. The SMILES string of the molecule is C.CSCCCCCC/C(CCCCCCSC(c1ccccc1)(c1ccccc1)c1ccccc1)=N\O.CSCCCCCCC(=O)CCCCCCSC(c1ccccc1)(c1ccccc1)c1ccccc1.[V]. The summed E-state index contributed by atoms with van der Waals surface area (Å²) in [4.78, 5) is 12.2. The molecule has 0 fully saturated rings. The molecule has 0 bridgehead atoms. The Labute approximate surface area is 484 Å². The van der Waals surface area contributed by atoms with E-state index in [1.165, 1.54) is 116 Å². The molecule has 6 aromatic carbocycles. The van der Waals surface area contributed by atoms with Gasteiger partial charge in [0.1, 0.15) is 5.78 Å². The Hall–Kier alpha value is -3.56. The van der Waals surface area contributed by atoms with E-state index in [4.69, 9.17) is 0 Å². The molecule has 0 aliphatic heterocycles. The predicted molar refractivity (Wildman–Crippen MR) is 333 cm³/mol. The van der Waals surface area contributed by atoms with E-state index in [2.05, 4.69) is 211 Å². The van der Waals surface area contributed by atoms with Crippen LogP contribution in [0.25, 0.3) is 0 Å². The van der Waals surface area contributed by atoms with E-state index in [0.29, 0.717) is 5.78 Å². The molecule has 1 radical (unpaired) electrons. The van der Waals surface area contributed by atoms with E-state index in [1.807, 2.05) is 35.3 Å². The second-order valence-electron chi connectivity index (χ2n) is 19.1. The molecule has 6 aromatic rings. The van der Waals surface area contributed by atoms with Gasteiger partial charge in [0.2, 0.25) is 0 Å². The van der Waals surface area contributed by atoms with Crippen LogP contribution in [0.4, 0.5) is 0 Å². The summed E-state index contributed by atoms with van der Waals surface area (Å²) in [6.07, 6.45) is 26.8. The summed E-state index contributed by atoms with van der Waals surface area (Å²) in [7, 11) is 0. The number of rotatable bonds is 36. The first-order chi connectivity index (χ1) is 36.1. The number of hydrogen-bond donors (Lipinski definition) is 1. The number of benzene rings is 6. The molecule has 1 N–H and O–H groups in total. The summed E-state index contributed by atoms with van der Waals surface area (Å²) < 4.78 is -0.453. The fourth-order valence-corrected chi connectivity index (χ4v) is 13.9. The topological polar surface area (TPSA) is 49.7 Å². The maximum absolute atomic E-state index is 12.2. The molecule has 0 saturated heterocycles. The Morgan fingerprint density at radius 3 is 0.827 bits per heavy atom. The Kier molecular flexibility index (Phi) is 35.6. The van der Waals surface area contributed by atoms with Crippen molar-refractivity contribution in [3.8, 4) is 0 Å². The maximum Gasteiger partial charge on any atom is 0.132 e. The summed E-state index contributed by atoms with van der Waals surface area (Å²) in [5.74, 6) is 5.14. The van der Waals surface area contributed by atoms with Crippen molar-refractivity contribution in [3.05, 3.63) is 215 Å². The summed E-state index contributed by atoms with van der Waals surface area (Å²) in [5, 5.41) is 13.0. The van der Waals surface area contributed by atoms with Crippen LogP contribution in [0.3, 0.4) is 0 Å². The molecule has 3 nitrogen and oxygen atoms in total. The van der Waals surface area contributed by atoms with Gasteiger partial charge in [0.15, 0.2) is 0 Å². The molecule has 0 atom stereocenters. The molecule has 403 valence electrons. The van der Waals surface area contributed by atoms with Gasteiger partial charge in [-0.2, -0.15) is 23.5 Å². The number of Topliss-reactive ketones (excluding diaryl/α,β-unsaturated/α-hetero) is 1. The molecule has 6 rings (SSSR count). The van der Waals surface area contributed by atoms with Gasteiger partial charge >= 0.3 is 0 Å². The van der Waals surface area contributed by atoms with Crippen LogP contribution in [0.1, 0.15) is 169 Å². The van der Waals surface area contributed by atoms with Gasteiger partial charge in [-0.1, -0.05) is 246 Å². The standard InChI is InChI=1S/C33H43NOS2.C33H42OS2.CH4.V/c1-36-27-17-4-2-15-25-32(34-35)26-16-3-5-18-28-37-33(29-19-9-6-10-20-29,30-21-11-7-12-22-30)31-23-13-8-14-24-31;1-35-27-17-4-2-15-25-32(34)26-16-3-5-18-28-36-33(29-19-9-6-10-20-29,30-21-11-7-12-22-30)31-23-13-8-14-24-31;;/h6-14,19-24,35H,2-5,15-18,25-28H2,1H3;6-14,19-24H,2-5,15-18,25-28H2,1H3;1H4;/b34-32+;;;. The van der Waals surface area contributed by atoms with Gasteiger partial charge in [0.05, 0.1) is 15.2 Å². The number of oxime groups is 1. The molecular formula is C67H89NO2S4V. The zero-order chi connectivity index (χ0) is 51.3. The maximum atomic E-state index is 12.2. The van der Waals surface area contributed by atoms with Crippen molar-refractivity contribution in [2.24, 2.45) is 5.16 Å². The number of carbonyl (C=O) groups excluding carboxylic acids is 1. The van der Waals surface area contributed by atoms with Gasteiger partial charge in [-0.3, -0.25) is 4.79 Å². The van der Waals surface area contributed by atoms with Crippen LogP contribution < -0.4 is 0 Å². The van der Waals surface area contributed by atoms with Gasteiger partial charge < -0.3 is 5.21 Å². The first-order valence-electron chi connectivity index (χ1n) is 27.4. The zero-order valence-corrected chi connectivity index (χ0v) is 49.3. The van der Waals surface area contributed by atoms with Crippen LogP contribution in [-0.2, 0) is 32.8 Å². The normalized spacial score (nSPS) is 11.5. The van der Waals surface area contributed by atoms with Crippen molar-refractivity contribution in [3.63, 3.8) is 0 Å². The number of hydrogen-bond acceptors (Lipinski definition) is 7. The number of thioether (sulfide) groups is 4. The summed E-state index contributed by atoms with van der Waals surface area (Å²) >= 11 is 7.93. The van der Waals surface area contributed by atoms with Crippen molar-refractivity contribution in [2.45, 2.75) is 145 Å². The van der Waals surface area contributed by atoms with Gasteiger partial charge in [0.25, 0.3) is 0 Å². The third kappa shape index (κ3) is 22.7. The second kappa shape index (κ2) is 40.6. The summed E-state index contributed by atoms with van der Waals surface area (Å²) in [5.41, 5.74) is 8.94. The van der Waals surface area contributed by atoms with Gasteiger partial charge in [-0.25, -0.2) is 0 Å². The smallest absolute Gasteiger partial charge is 0.132 e. The van der Waals surface area contributed by atoms with E-state index in [1.54, 1.807) is 0 Å². The fourth-order valence-electron chi connectivity index (χ4n) is 9.75. The van der Waals surface area contributed by atoms with Crippen LogP contribution >= 0.6 is 47.0 Å². The van der Waals surface area contributed by atoms with Crippen molar-refractivity contribution >= 4 is 58.5 Å². The Morgan fingerprint density at radius 2 is 0.587 bits per heavy atom. The van der Waals surface area contributed by atoms with Gasteiger partial charge in [-0.05, 0) is 133 Å². The van der Waals surface area contributed by atoms with Crippen molar-refractivity contribution in [2.75, 3.05) is 35.5 Å². The molecule has 0 aliphatic rings. The number of ketones is 1. The minimum absolute atomic E-state index is 0. The van der Waals surface area contributed by atoms with Crippen LogP contribution in [0, 0.1) is 0 Å². The predicted octanol–water partition coefficient (Wildman–Crippen LogP) is 20.0. The monoisotopic (exact) mass is 1120 g/mol.